The van der Waals surface area contributed by atoms with Crippen LogP contribution in [-0.2, 0) is 6.54 Å². The van der Waals surface area contributed by atoms with E-state index in [9.17, 15) is 4.39 Å². The summed E-state index contributed by atoms with van der Waals surface area (Å²) in [7, 11) is 0. The lowest BCUT2D eigenvalue weighted by Crippen LogP contribution is -2.61. The average Bonchev–Trinajstić information content (AvgIpc) is 2.52. The Morgan fingerprint density at radius 3 is 2.81 bits per heavy atom. The van der Waals surface area contributed by atoms with E-state index in [2.05, 4.69) is 10.2 Å². The number of hydrogen-bond donors (Lipinski definition) is 1. The normalized spacial score (nSPS) is 22.1. The fourth-order valence-corrected chi connectivity index (χ4v) is 3.78. The van der Waals surface area contributed by atoms with E-state index >= 15 is 0 Å². The zero-order chi connectivity index (χ0) is 14.7. The third kappa shape index (κ3) is 2.95. The van der Waals surface area contributed by atoms with Crippen molar-refractivity contribution in [3.63, 3.8) is 0 Å². The van der Waals surface area contributed by atoms with E-state index in [-0.39, 0.29) is 11.4 Å². The standard InChI is InChI=1S/C17H22FN3/c18-16-10-14(11-19)4-5-15(16)12-21-9-8-20-13-17(21)6-2-1-3-7-17/h4-5,10,20H,1-3,6-9,12-13H2. The van der Waals surface area contributed by atoms with Crippen molar-refractivity contribution in [1.29, 1.82) is 5.26 Å². The van der Waals surface area contributed by atoms with Gasteiger partial charge in [0.2, 0.25) is 0 Å². The summed E-state index contributed by atoms with van der Waals surface area (Å²) < 4.78 is 14.2. The lowest BCUT2D eigenvalue weighted by Gasteiger charge is -2.50. The van der Waals surface area contributed by atoms with Gasteiger partial charge in [0.15, 0.2) is 0 Å². The average molecular weight is 287 g/mol. The molecule has 21 heavy (non-hydrogen) atoms. The highest BCUT2D eigenvalue weighted by molar-refractivity contribution is 5.33. The Hall–Kier alpha value is -1.44. The lowest BCUT2D eigenvalue weighted by atomic mass is 9.79. The van der Waals surface area contributed by atoms with Crippen LogP contribution in [0.3, 0.4) is 0 Å². The molecule has 2 aliphatic rings. The number of halogens is 1. The molecule has 1 saturated carbocycles. The molecule has 1 aliphatic carbocycles. The maximum Gasteiger partial charge on any atom is 0.129 e. The van der Waals surface area contributed by atoms with Gasteiger partial charge >= 0.3 is 0 Å². The molecule has 1 heterocycles. The lowest BCUT2D eigenvalue weighted by molar-refractivity contribution is 0.0201. The largest absolute Gasteiger partial charge is 0.314 e. The molecule has 0 amide bonds. The first-order valence-corrected chi connectivity index (χ1v) is 7.88. The molecule has 0 bridgehead atoms. The molecular formula is C17H22FN3. The zero-order valence-corrected chi connectivity index (χ0v) is 12.4. The van der Waals surface area contributed by atoms with E-state index in [0.29, 0.717) is 17.7 Å². The molecule has 0 atom stereocenters. The molecule has 3 rings (SSSR count). The first-order valence-electron chi connectivity index (χ1n) is 7.88. The predicted molar refractivity (Wildman–Crippen MR) is 80.2 cm³/mol. The molecule has 0 aromatic heterocycles. The van der Waals surface area contributed by atoms with Crippen LogP contribution in [0.1, 0.15) is 43.2 Å². The zero-order valence-electron chi connectivity index (χ0n) is 12.4. The maximum absolute atomic E-state index is 14.2. The third-order valence-corrected chi connectivity index (χ3v) is 5.01. The summed E-state index contributed by atoms with van der Waals surface area (Å²) in [6, 6.07) is 6.83. The van der Waals surface area contributed by atoms with E-state index in [1.54, 1.807) is 12.1 Å². The summed E-state index contributed by atoms with van der Waals surface area (Å²) in [6.07, 6.45) is 6.28. The minimum atomic E-state index is -0.251. The van der Waals surface area contributed by atoms with Gasteiger partial charge in [0.25, 0.3) is 0 Å². The number of piperazine rings is 1. The fraction of sp³-hybridized carbons (Fsp3) is 0.588. The molecular weight excluding hydrogens is 265 g/mol. The van der Waals surface area contributed by atoms with Crippen molar-refractivity contribution in [2.45, 2.75) is 44.2 Å². The molecule has 1 saturated heterocycles. The van der Waals surface area contributed by atoms with Crippen LogP contribution in [0.25, 0.3) is 0 Å². The van der Waals surface area contributed by atoms with Gasteiger partial charge in [-0.25, -0.2) is 4.39 Å². The Morgan fingerprint density at radius 2 is 2.10 bits per heavy atom. The van der Waals surface area contributed by atoms with Gasteiger partial charge in [0.05, 0.1) is 11.6 Å². The SMILES string of the molecule is N#Cc1ccc(CN2CCNCC23CCCCC3)c(F)c1. The van der Waals surface area contributed by atoms with Crippen molar-refractivity contribution in [3.05, 3.63) is 35.1 Å². The van der Waals surface area contributed by atoms with Crippen LogP contribution in [-0.4, -0.2) is 30.1 Å². The summed E-state index contributed by atoms with van der Waals surface area (Å²) >= 11 is 0. The van der Waals surface area contributed by atoms with Crippen LogP contribution in [0, 0.1) is 17.1 Å². The number of nitriles is 1. The van der Waals surface area contributed by atoms with Crippen LogP contribution < -0.4 is 5.32 Å². The van der Waals surface area contributed by atoms with Gasteiger partial charge in [-0.15, -0.1) is 0 Å². The second kappa shape index (κ2) is 6.13. The Labute approximate surface area is 125 Å². The van der Waals surface area contributed by atoms with Gasteiger partial charge in [-0.1, -0.05) is 25.3 Å². The van der Waals surface area contributed by atoms with Crippen LogP contribution in [0.15, 0.2) is 18.2 Å². The van der Waals surface area contributed by atoms with E-state index in [4.69, 9.17) is 5.26 Å². The number of hydrogen-bond acceptors (Lipinski definition) is 3. The molecule has 4 heteroatoms. The summed E-state index contributed by atoms with van der Waals surface area (Å²) in [5.74, 6) is -0.251. The van der Waals surface area contributed by atoms with Crippen LogP contribution in [0.5, 0.6) is 0 Å². The summed E-state index contributed by atoms with van der Waals surface area (Å²) in [4.78, 5) is 2.47. The Balaban J connectivity index is 1.80. The number of nitrogens with zero attached hydrogens (tertiary/aromatic N) is 2. The van der Waals surface area contributed by atoms with Gasteiger partial charge in [-0.3, -0.25) is 4.90 Å². The Bertz CT molecular complexity index is 535. The molecule has 0 radical (unpaired) electrons. The van der Waals surface area contributed by atoms with Crippen molar-refractivity contribution in [2.24, 2.45) is 0 Å². The minimum absolute atomic E-state index is 0.205. The second-order valence-corrected chi connectivity index (χ2v) is 6.30. The van der Waals surface area contributed by atoms with Gasteiger partial charge < -0.3 is 5.32 Å². The maximum atomic E-state index is 14.2. The van der Waals surface area contributed by atoms with Crippen molar-refractivity contribution in [3.8, 4) is 6.07 Å². The molecule has 112 valence electrons. The van der Waals surface area contributed by atoms with Gasteiger partial charge in [0, 0.05) is 37.3 Å². The Kier molecular flexibility index (Phi) is 4.23. The molecule has 0 unspecified atom stereocenters. The summed E-state index contributed by atoms with van der Waals surface area (Å²) in [6.45, 7) is 3.61. The summed E-state index contributed by atoms with van der Waals surface area (Å²) in [5.41, 5.74) is 1.31. The molecule has 3 nitrogen and oxygen atoms in total. The quantitative estimate of drug-likeness (QED) is 0.909. The highest BCUT2D eigenvalue weighted by Gasteiger charge is 2.39. The van der Waals surface area contributed by atoms with Crippen molar-refractivity contribution < 1.29 is 4.39 Å². The van der Waals surface area contributed by atoms with Crippen molar-refractivity contribution >= 4 is 0 Å². The van der Waals surface area contributed by atoms with Gasteiger partial charge in [-0.2, -0.15) is 5.26 Å². The number of rotatable bonds is 2. The minimum Gasteiger partial charge on any atom is -0.314 e. The predicted octanol–water partition coefficient (Wildman–Crippen LogP) is 2.81. The molecule has 1 spiro atoms. The molecule has 1 aliphatic heterocycles. The Morgan fingerprint density at radius 1 is 1.29 bits per heavy atom. The monoisotopic (exact) mass is 287 g/mol. The first kappa shape index (κ1) is 14.5. The van der Waals surface area contributed by atoms with Crippen LogP contribution in [0.2, 0.25) is 0 Å². The van der Waals surface area contributed by atoms with E-state index in [1.165, 1.54) is 38.2 Å². The van der Waals surface area contributed by atoms with Crippen LogP contribution >= 0.6 is 0 Å². The number of nitrogens with one attached hydrogen (secondary N) is 1. The van der Waals surface area contributed by atoms with Gasteiger partial charge in [0.1, 0.15) is 5.82 Å². The smallest absolute Gasteiger partial charge is 0.129 e. The van der Waals surface area contributed by atoms with Gasteiger partial charge in [-0.05, 0) is 25.0 Å². The fourth-order valence-electron chi connectivity index (χ4n) is 3.78. The highest BCUT2D eigenvalue weighted by Crippen LogP contribution is 2.35. The van der Waals surface area contributed by atoms with E-state index < -0.39 is 0 Å². The van der Waals surface area contributed by atoms with Crippen molar-refractivity contribution in [1.82, 2.24) is 10.2 Å². The molecule has 1 aromatic carbocycles. The molecule has 1 aromatic rings. The third-order valence-electron chi connectivity index (χ3n) is 5.01. The molecule has 1 N–H and O–H groups in total. The van der Waals surface area contributed by atoms with Crippen molar-refractivity contribution in [2.75, 3.05) is 19.6 Å². The first-order chi connectivity index (χ1) is 10.2. The highest BCUT2D eigenvalue weighted by atomic mass is 19.1. The number of benzene rings is 1. The second-order valence-electron chi connectivity index (χ2n) is 6.30. The summed E-state index contributed by atoms with van der Waals surface area (Å²) in [5, 5.41) is 12.4. The van der Waals surface area contributed by atoms with E-state index in [1.807, 2.05) is 6.07 Å². The van der Waals surface area contributed by atoms with E-state index in [0.717, 1.165) is 19.6 Å². The molecule has 2 fully saturated rings. The van der Waals surface area contributed by atoms with Crippen LogP contribution in [0.4, 0.5) is 4.39 Å². The topological polar surface area (TPSA) is 39.1 Å².